The Morgan fingerprint density at radius 3 is 2.79 bits per heavy atom. The summed E-state index contributed by atoms with van der Waals surface area (Å²) in [6, 6.07) is 15.3. The lowest BCUT2D eigenvalue weighted by atomic mass is 9.88. The van der Waals surface area contributed by atoms with Gasteiger partial charge in [-0.2, -0.15) is 0 Å². The molecular weight excluding hydrogens is 298 g/mol. The van der Waals surface area contributed by atoms with E-state index in [-0.39, 0.29) is 6.10 Å². The summed E-state index contributed by atoms with van der Waals surface area (Å²) in [5, 5.41) is 6.86. The predicted octanol–water partition coefficient (Wildman–Crippen LogP) is 4.96. The van der Waals surface area contributed by atoms with Gasteiger partial charge in [0.2, 0.25) is 0 Å². The molecule has 4 rings (SSSR count). The minimum atomic E-state index is 0.166. The van der Waals surface area contributed by atoms with E-state index in [0.717, 1.165) is 31.4 Å². The lowest BCUT2D eigenvalue weighted by Gasteiger charge is -2.28. The highest BCUT2D eigenvalue weighted by Gasteiger charge is 2.37. The first-order valence-electron chi connectivity index (χ1n) is 8.78. The van der Waals surface area contributed by atoms with E-state index in [9.17, 15) is 0 Å². The van der Waals surface area contributed by atoms with E-state index in [1.165, 1.54) is 27.5 Å². The maximum Gasteiger partial charge on any atom is 0.106 e. The highest BCUT2D eigenvalue weighted by atomic mass is 16.6. The maximum absolute atomic E-state index is 6.18. The Morgan fingerprint density at radius 1 is 1.17 bits per heavy atom. The average molecular weight is 321 g/mol. The number of hydrogen-bond acceptors (Lipinski definition) is 3. The van der Waals surface area contributed by atoms with Gasteiger partial charge in [0.05, 0.1) is 17.9 Å². The lowest BCUT2D eigenvalue weighted by molar-refractivity contribution is 0.0628. The molecule has 3 nitrogen and oxygen atoms in total. The fourth-order valence-corrected chi connectivity index (χ4v) is 4.02. The summed E-state index contributed by atoms with van der Waals surface area (Å²) >= 11 is 0. The molecule has 1 unspecified atom stereocenters. The maximum atomic E-state index is 6.18. The van der Waals surface area contributed by atoms with Crippen LogP contribution >= 0.6 is 0 Å². The summed E-state index contributed by atoms with van der Waals surface area (Å²) in [6.45, 7) is 2.13. The van der Waals surface area contributed by atoms with Crippen LogP contribution in [-0.4, -0.2) is 25.0 Å². The summed E-state index contributed by atoms with van der Waals surface area (Å²) in [4.78, 5) is 5.11. The minimum absolute atomic E-state index is 0.166. The van der Waals surface area contributed by atoms with Crippen LogP contribution in [0.3, 0.4) is 0 Å². The third kappa shape index (κ3) is 2.63. The van der Waals surface area contributed by atoms with Crippen LogP contribution in [0.15, 0.2) is 53.2 Å². The summed E-state index contributed by atoms with van der Waals surface area (Å²) in [5.41, 5.74) is 4.95. The second kappa shape index (κ2) is 6.40. The van der Waals surface area contributed by atoms with Crippen molar-refractivity contribution in [1.82, 2.24) is 0 Å². The van der Waals surface area contributed by atoms with Crippen molar-refractivity contribution < 1.29 is 9.57 Å². The van der Waals surface area contributed by atoms with Gasteiger partial charge in [-0.1, -0.05) is 48.5 Å². The van der Waals surface area contributed by atoms with Gasteiger partial charge in [-0.25, -0.2) is 0 Å². The summed E-state index contributed by atoms with van der Waals surface area (Å²) < 4.78 is 6.18. The zero-order valence-electron chi connectivity index (χ0n) is 14.3. The normalized spacial score (nSPS) is 23.8. The van der Waals surface area contributed by atoms with E-state index >= 15 is 0 Å². The van der Waals surface area contributed by atoms with Crippen molar-refractivity contribution in [2.24, 2.45) is 5.16 Å². The van der Waals surface area contributed by atoms with E-state index in [4.69, 9.17) is 9.57 Å². The van der Waals surface area contributed by atoms with Crippen LogP contribution in [0.2, 0.25) is 0 Å². The molecule has 2 aliphatic rings. The molecule has 0 saturated carbocycles. The fourth-order valence-electron chi connectivity index (χ4n) is 4.02. The van der Waals surface area contributed by atoms with E-state index < -0.39 is 0 Å². The molecule has 2 atom stereocenters. The lowest BCUT2D eigenvalue weighted by Crippen LogP contribution is -2.26. The standard InChI is InChI=1S/C21H23NO2/c1-3-19(22-23-2)21-18(13-17-10-11-20(21)24-17)16-9-8-14-6-4-5-7-15(14)12-16/h4-9,12,17,20H,3,10-11,13H2,1-2H3/t17?,20-/m1/s1. The summed E-state index contributed by atoms with van der Waals surface area (Å²) in [7, 11) is 1.62. The number of ether oxygens (including phenoxy) is 1. The van der Waals surface area contributed by atoms with Gasteiger partial charge in [-0.3, -0.25) is 0 Å². The molecule has 3 heteroatoms. The van der Waals surface area contributed by atoms with Crippen molar-refractivity contribution in [2.75, 3.05) is 7.11 Å². The summed E-state index contributed by atoms with van der Waals surface area (Å²) in [6.07, 6.45) is 4.55. The highest BCUT2D eigenvalue weighted by Crippen LogP contribution is 2.42. The first-order chi connectivity index (χ1) is 11.8. The SMILES string of the molecule is CCC(=NOC)C1=C(c2ccc3ccccc3c2)CC2CC[C@H]1O2. The number of nitrogens with zero attached hydrogens (tertiary/aromatic N) is 1. The van der Waals surface area contributed by atoms with Crippen molar-refractivity contribution in [3.8, 4) is 0 Å². The molecule has 0 spiro atoms. The smallest absolute Gasteiger partial charge is 0.106 e. The quantitative estimate of drug-likeness (QED) is 0.589. The van der Waals surface area contributed by atoms with E-state index in [0.29, 0.717) is 6.10 Å². The third-order valence-corrected chi connectivity index (χ3v) is 5.13. The van der Waals surface area contributed by atoms with Gasteiger partial charge in [0.1, 0.15) is 7.11 Å². The Labute approximate surface area is 143 Å². The minimum Gasteiger partial charge on any atom is -0.399 e. The van der Waals surface area contributed by atoms with Crippen LogP contribution in [0, 0.1) is 0 Å². The summed E-state index contributed by atoms with van der Waals surface area (Å²) in [5.74, 6) is 0. The largest absolute Gasteiger partial charge is 0.399 e. The van der Waals surface area contributed by atoms with Crippen molar-refractivity contribution in [2.45, 2.75) is 44.8 Å². The number of fused-ring (bicyclic) bond motifs is 3. The topological polar surface area (TPSA) is 30.8 Å². The van der Waals surface area contributed by atoms with Crippen LogP contribution in [0.5, 0.6) is 0 Å². The van der Waals surface area contributed by atoms with Crippen molar-refractivity contribution in [3.63, 3.8) is 0 Å². The highest BCUT2D eigenvalue weighted by molar-refractivity contribution is 6.07. The molecule has 1 fully saturated rings. The Morgan fingerprint density at radius 2 is 2.00 bits per heavy atom. The molecule has 2 aliphatic heterocycles. The molecule has 0 amide bonds. The number of rotatable bonds is 4. The van der Waals surface area contributed by atoms with Crippen LogP contribution in [0.25, 0.3) is 16.3 Å². The van der Waals surface area contributed by atoms with Crippen molar-refractivity contribution >= 4 is 22.1 Å². The second-order valence-corrected chi connectivity index (χ2v) is 6.56. The van der Waals surface area contributed by atoms with Crippen molar-refractivity contribution in [1.29, 1.82) is 0 Å². The molecule has 124 valence electrons. The van der Waals surface area contributed by atoms with Gasteiger partial charge in [-0.05, 0) is 53.7 Å². The van der Waals surface area contributed by atoms with E-state index in [2.05, 4.69) is 54.5 Å². The first-order valence-corrected chi connectivity index (χ1v) is 8.78. The van der Waals surface area contributed by atoms with Crippen LogP contribution < -0.4 is 0 Å². The molecule has 2 heterocycles. The molecule has 24 heavy (non-hydrogen) atoms. The zero-order valence-corrected chi connectivity index (χ0v) is 14.3. The van der Waals surface area contributed by atoms with Gasteiger partial charge in [0.25, 0.3) is 0 Å². The molecule has 0 aromatic heterocycles. The monoisotopic (exact) mass is 321 g/mol. The van der Waals surface area contributed by atoms with Gasteiger partial charge in [0, 0.05) is 5.57 Å². The molecule has 1 saturated heterocycles. The van der Waals surface area contributed by atoms with Crippen LogP contribution in [-0.2, 0) is 9.57 Å². The molecule has 0 N–H and O–H groups in total. The Kier molecular flexibility index (Phi) is 4.11. The fraction of sp³-hybridized carbons (Fsp3) is 0.381. The van der Waals surface area contributed by atoms with Gasteiger partial charge < -0.3 is 9.57 Å². The van der Waals surface area contributed by atoms with Crippen LogP contribution in [0.4, 0.5) is 0 Å². The first kappa shape index (κ1) is 15.4. The van der Waals surface area contributed by atoms with E-state index in [1.807, 2.05) is 0 Å². The molecular formula is C21H23NO2. The Hall–Kier alpha value is -2.13. The molecule has 2 aromatic carbocycles. The zero-order chi connectivity index (χ0) is 16.5. The van der Waals surface area contributed by atoms with Gasteiger partial charge in [0.15, 0.2) is 0 Å². The predicted molar refractivity (Wildman–Crippen MR) is 98.1 cm³/mol. The second-order valence-electron chi connectivity index (χ2n) is 6.56. The molecule has 2 bridgehead atoms. The van der Waals surface area contributed by atoms with Gasteiger partial charge >= 0.3 is 0 Å². The molecule has 0 radical (unpaired) electrons. The number of oxime groups is 1. The Bertz CT molecular complexity index is 821. The van der Waals surface area contributed by atoms with E-state index in [1.54, 1.807) is 7.11 Å². The average Bonchev–Trinajstić information content (AvgIpc) is 3.01. The van der Waals surface area contributed by atoms with Crippen molar-refractivity contribution in [3.05, 3.63) is 53.6 Å². The number of benzene rings is 2. The number of hydrogen-bond donors (Lipinski definition) is 0. The molecule has 2 aromatic rings. The molecule has 0 aliphatic carbocycles. The van der Waals surface area contributed by atoms with Crippen LogP contribution in [0.1, 0.15) is 38.2 Å². The third-order valence-electron chi connectivity index (χ3n) is 5.13. The Balaban J connectivity index is 1.88. The van der Waals surface area contributed by atoms with Gasteiger partial charge in [-0.15, -0.1) is 0 Å².